The first kappa shape index (κ1) is 17.0. The Morgan fingerprint density at radius 1 is 1.50 bits per heavy atom. The lowest BCUT2D eigenvalue weighted by atomic mass is 9.67. The second-order valence-corrected chi connectivity index (χ2v) is 7.49. The highest BCUT2D eigenvalue weighted by atomic mass is 19.1. The van der Waals surface area contributed by atoms with E-state index in [1.165, 1.54) is 12.6 Å². The van der Waals surface area contributed by atoms with Crippen molar-refractivity contribution in [3.05, 3.63) is 42.0 Å². The first-order chi connectivity index (χ1) is 12.5. The number of rotatable bonds is 5. The minimum Gasteiger partial charge on any atom is -0.469 e. The zero-order valence-electron chi connectivity index (χ0n) is 14.9. The molecule has 1 aliphatic heterocycles. The first-order valence-electron chi connectivity index (χ1n) is 9.10. The number of carbonyl (C=O) groups excluding carboxylic acids is 1. The van der Waals surface area contributed by atoms with Gasteiger partial charge in [-0.2, -0.15) is 0 Å². The number of halogens is 1. The molecule has 1 atom stereocenters. The van der Waals surface area contributed by atoms with Gasteiger partial charge in [0.05, 0.1) is 18.9 Å². The number of hydrogen-bond donors (Lipinski definition) is 1. The van der Waals surface area contributed by atoms with Crippen LogP contribution in [0.4, 0.5) is 10.2 Å². The molecule has 0 radical (unpaired) electrons. The summed E-state index contributed by atoms with van der Waals surface area (Å²) in [6.07, 6.45) is 7.50. The summed E-state index contributed by atoms with van der Waals surface area (Å²) in [5, 5.41) is 2.98. The van der Waals surface area contributed by atoms with Gasteiger partial charge in [-0.3, -0.25) is 4.79 Å². The highest BCUT2D eigenvalue weighted by Gasteiger charge is 2.48. The molecule has 1 unspecified atom stereocenters. The van der Waals surface area contributed by atoms with Crippen molar-refractivity contribution in [2.45, 2.75) is 45.1 Å². The molecule has 2 aromatic rings. The molecule has 1 aliphatic carbocycles. The van der Waals surface area contributed by atoms with Crippen LogP contribution in [0, 0.1) is 18.2 Å². The summed E-state index contributed by atoms with van der Waals surface area (Å²) in [5.41, 5.74) is 0.238. The van der Waals surface area contributed by atoms with Gasteiger partial charge in [-0.25, -0.2) is 14.4 Å². The van der Waals surface area contributed by atoms with E-state index >= 15 is 0 Å². The summed E-state index contributed by atoms with van der Waals surface area (Å²) < 4.78 is 19.6. The van der Waals surface area contributed by atoms with E-state index in [0.29, 0.717) is 23.9 Å². The van der Waals surface area contributed by atoms with Gasteiger partial charge in [0.15, 0.2) is 11.6 Å². The van der Waals surface area contributed by atoms with Crippen molar-refractivity contribution < 1.29 is 13.6 Å². The second kappa shape index (κ2) is 6.70. The van der Waals surface area contributed by atoms with Crippen molar-refractivity contribution in [2.75, 3.05) is 18.0 Å². The summed E-state index contributed by atoms with van der Waals surface area (Å²) in [6.45, 7) is 3.03. The molecule has 2 fully saturated rings. The number of amides is 1. The van der Waals surface area contributed by atoms with Crippen LogP contribution in [0.15, 0.2) is 29.0 Å². The molecule has 6 nitrogen and oxygen atoms in total. The molecule has 2 aromatic heterocycles. The lowest BCUT2D eigenvalue weighted by Gasteiger charge is -2.38. The molecule has 1 saturated heterocycles. The number of carbonyl (C=O) groups is 1. The third-order valence-electron chi connectivity index (χ3n) is 5.60. The molecule has 4 rings (SSSR count). The quantitative estimate of drug-likeness (QED) is 0.890. The topological polar surface area (TPSA) is 71.3 Å². The van der Waals surface area contributed by atoms with E-state index < -0.39 is 5.82 Å². The summed E-state index contributed by atoms with van der Waals surface area (Å²) in [5.74, 6) is 1.05. The molecule has 26 heavy (non-hydrogen) atoms. The van der Waals surface area contributed by atoms with Crippen molar-refractivity contribution in [1.29, 1.82) is 0 Å². The average molecular weight is 358 g/mol. The van der Waals surface area contributed by atoms with Crippen molar-refractivity contribution in [3.8, 4) is 0 Å². The number of anilines is 1. The van der Waals surface area contributed by atoms with Crippen LogP contribution in [-0.2, 0) is 11.2 Å². The van der Waals surface area contributed by atoms with Crippen LogP contribution in [0.3, 0.4) is 0 Å². The predicted octanol–water partition coefficient (Wildman–Crippen LogP) is 2.63. The van der Waals surface area contributed by atoms with Gasteiger partial charge in [-0.05, 0) is 43.7 Å². The maximum Gasteiger partial charge on any atom is 0.227 e. The van der Waals surface area contributed by atoms with Crippen molar-refractivity contribution in [1.82, 2.24) is 15.3 Å². The average Bonchev–Trinajstić information content (AvgIpc) is 3.22. The Kier molecular flexibility index (Phi) is 4.38. The fourth-order valence-corrected chi connectivity index (χ4v) is 4.14. The number of nitrogens with zero attached hydrogens (tertiary/aromatic N) is 3. The number of nitrogens with one attached hydrogen (secondary N) is 1. The van der Waals surface area contributed by atoms with Crippen LogP contribution >= 0.6 is 0 Å². The van der Waals surface area contributed by atoms with E-state index in [-0.39, 0.29) is 23.8 Å². The summed E-state index contributed by atoms with van der Waals surface area (Å²) in [6, 6.07) is 3.59. The molecule has 0 bridgehead atoms. The molecule has 0 aromatic carbocycles. The standard InChI is InChI=1S/C19H23FN4O2/c1-13-21-11-16(20)18(23-13)24-12-19(5-3-6-19)9-14(24)10-22-17(25)8-15-4-2-7-26-15/h2,4,7,11,14H,3,5-6,8-10,12H2,1H3,(H,22,25). The van der Waals surface area contributed by atoms with Crippen molar-refractivity contribution in [3.63, 3.8) is 0 Å². The van der Waals surface area contributed by atoms with Gasteiger partial charge in [0.2, 0.25) is 5.91 Å². The molecular formula is C19H23FN4O2. The zero-order valence-corrected chi connectivity index (χ0v) is 14.9. The zero-order chi connectivity index (χ0) is 18.1. The normalized spacial score (nSPS) is 21.0. The van der Waals surface area contributed by atoms with Crippen LogP contribution in [0.2, 0.25) is 0 Å². The van der Waals surface area contributed by atoms with Crippen LogP contribution in [0.1, 0.15) is 37.3 Å². The summed E-state index contributed by atoms with van der Waals surface area (Å²) in [7, 11) is 0. The smallest absolute Gasteiger partial charge is 0.227 e. The van der Waals surface area contributed by atoms with Gasteiger partial charge in [-0.1, -0.05) is 6.42 Å². The van der Waals surface area contributed by atoms with Crippen LogP contribution in [0.25, 0.3) is 0 Å². The number of aryl methyl sites for hydroxylation is 1. The predicted molar refractivity (Wildman–Crippen MR) is 94.2 cm³/mol. The minimum atomic E-state index is -0.404. The van der Waals surface area contributed by atoms with E-state index in [0.717, 1.165) is 25.8 Å². The molecule has 1 saturated carbocycles. The lowest BCUT2D eigenvalue weighted by Crippen LogP contribution is -2.41. The molecule has 1 N–H and O–H groups in total. The number of aromatic nitrogens is 2. The Bertz CT molecular complexity index is 789. The van der Waals surface area contributed by atoms with Crippen LogP contribution < -0.4 is 10.2 Å². The number of furan rings is 1. The minimum absolute atomic E-state index is 0.0413. The van der Waals surface area contributed by atoms with Gasteiger partial charge >= 0.3 is 0 Å². The third-order valence-corrected chi connectivity index (χ3v) is 5.60. The van der Waals surface area contributed by atoms with Crippen molar-refractivity contribution in [2.24, 2.45) is 5.41 Å². The molecular weight excluding hydrogens is 335 g/mol. The Labute approximate surface area is 151 Å². The molecule has 7 heteroatoms. The SMILES string of the molecule is Cc1ncc(F)c(N2CC3(CCC3)CC2CNC(=O)Cc2ccco2)n1. The maximum absolute atomic E-state index is 14.4. The Morgan fingerprint density at radius 2 is 2.35 bits per heavy atom. The second-order valence-electron chi connectivity index (χ2n) is 7.49. The van der Waals surface area contributed by atoms with Gasteiger partial charge in [0, 0.05) is 19.1 Å². The number of hydrogen-bond acceptors (Lipinski definition) is 5. The highest BCUT2D eigenvalue weighted by molar-refractivity contribution is 5.78. The molecule has 1 spiro atoms. The van der Waals surface area contributed by atoms with Crippen LogP contribution in [0.5, 0.6) is 0 Å². The van der Waals surface area contributed by atoms with E-state index in [2.05, 4.69) is 15.3 Å². The van der Waals surface area contributed by atoms with Gasteiger partial charge in [-0.15, -0.1) is 0 Å². The Morgan fingerprint density at radius 3 is 3.04 bits per heavy atom. The molecule has 138 valence electrons. The van der Waals surface area contributed by atoms with E-state index in [1.54, 1.807) is 25.3 Å². The van der Waals surface area contributed by atoms with E-state index in [1.807, 2.05) is 4.90 Å². The van der Waals surface area contributed by atoms with Crippen LogP contribution in [-0.4, -0.2) is 35.0 Å². The molecule has 3 heterocycles. The third kappa shape index (κ3) is 3.30. The fourth-order valence-electron chi connectivity index (χ4n) is 4.14. The monoisotopic (exact) mass is 358 g/mol. The van der Waals surface area contributed by atoms with Crippen molar-refractivity contribution >= 4 is 11.7 Å². The Hall–Kier alpha value is -2.44. The summed E-state index contributed by atoms with van der Waals surface area (Å²) in [4.78, 5) is 22.5. The first-order valence-corrected chi connectivity index (χ1v) is 9.10. The van der Waals surface area contributed by atoms with E-state index in [9.17, 15) is 9.18 Å². The highest BCUT2D eigenvalue weighted by Crippen LogP contribution is 2.51. The maximum atomic E-state index is 14.4. The Balaban J connectivity index is 1.47. The van der Waals surface area contributed by atoms with E-state index in [4.69, 9.17) is 4.42 Å². The van der Waals surface area contributed by atoms with Gasteiger partial charge in [0.1, 0.15) is 11.6 Å². The van der Waals surface area contributed by atoms with Gasteiger partial charge < -0.3 is 14.6 Å². The largest absolute Gasteiger partial charge is 0.469 e. The lowest BCUT2D eigenvalue weighted by molar-refractivity contribution is -0.120. The van der Waals surface area contributed by atoms with Gasteiger partial charge in [0.25, 0.3) is 0 Å². The molecule has 2 aliphatic rings. The fraction of sp³-hybridized carbons (Fsp3) is 0.526. The molecule has 1 amide bonds. The summed E-state index contributed by atoms with van der Waals surface area (Å²) >= 11 is 0.